The van der Waals surface area contributed by atoms with Gasteiger partial charge in [-0.05, 0) is 0 Å². The number of anilines is 1. The number of nitrogens with two attached hydrogens (primary N) is 1. The molecule has 0 spiro atoms. The summed E-state index contributed by atoms with van der Waals surface area (Å²) in [7, 11) is 0. The Morgan fingerprint density at radius 1 is 1.18 bits per heavy atom. The summed E-state index contributed by atoms with van der Waals surface area (Å²) in [5, 5.41) is 4.30. The van der Waals surface area contributed by atoms with Gasteiger partial charge in [-0.3, -0.25) is 0 Å². The predicted octanol–water partition coefficient (Wildman–Crippen LogP) is 2.44. The van der Waals surface area contributed by atoms with Crippen molar-refractivity contribution in [2.24, 2.45) is 0 Å². The van der Waals surface area contributed by atoms with Gasteiger partial charge in [0.25, 0.3) is 0 Å². The number of hydrogen-bond acceptors (Lipinski definition) is 6. The number of nitrogens with zero attached hydrogens (tertiary/aromatic N) is 3. The van der Waals surface area contributed by atoms with Gasteiger partial charge >= 0.3 is 0 Å². The van der Waals surface area contributed by atoms with Gasteiger partial charge in [0, 0.05) is 5.56 Å². The van der Waals surface area contributed by atoms with Crippen LogP contribution in [0.2, 0.25) is 0 Å². The summed E-state index contributed by atoms with van der Waals surface area (Å²) in [5.41, 5.74) is 7.52. The fraction of sp³-hybridized carbons (Fsp3) is 0. The lowest BCUT2D eigenvalue weighted by atomic mass is 10.1. The topological polar surface area (TPSA) is 77.8 Å². The van der Waals surface area contributed by atoms with E-state index in [-0.39, 0.29) is 0 Å². The van der Waals surface area contributed by atoms with Crippen LogP contribution in [0.1, 0.15) is 0 Å². The predicted molar refractivity (Wildman–Crippen MR) is 65.3 cm³/mol. The van der Waals surface area contributed by atoms with Crippen LogP contribution < -0.4 is 5.73 Å². The number of thiazole rings is 1. The number of aromatic nitrogens is 3. The fourth-order valence-electron chi connectivity index (χ4n) is 1.55. The average Bonchev–Trinajstić information content (AvgIpc) is 2.98. The van der Waals surface area contributed by atoms with Gasteiger partial charge < -0.3 is 10.3 Å². The van der Waals surface area contributed by atoms with Crippen molar-refractivity contribution in [3.05, 3.63) is 36.7 Å². The van der Waals surface area contributed by atoms with Crippen LogP contribution in [0, 0.1) is 0 Å². The van der Waals surface area contributed by atoms with Gasteiger partial charge in [0.15, 0.2) is 5.13 Å². The van der Waals surface area contributed by atoms with E-state index in [0.717, 1.165) is 16.1 Å². The summed E-state index contributed by atoms with van der Waals surface area (Å²) in [4.78, 5) is 9.16. The molecule has 0 saturated heterocycles. The second-order valence-corrected chi connectivity index (χ2v) is 4.38. The van der Waals surface area contributed by atoms with Gasteiger partial charge in [0.1, 0.15) is 4.88 Å². The first kappa shape index (κ1) is 9.98. The Kier molecular flexibility index (Phi) is 2.34. The highest BCUT2D eigenvalue weighted by molar-refractivity contribution is 7.19. The van der Waals surface area contributed by atoms with Crippen molar-refractivity contribution < 1.29 is 4.52 Å². The second-order valence-electron chi connectivity index (χ2n) is 3.35. The minimum Gasteiger partial charge on any atom is -0.375 e. The smallest absolute Gasteiger partial charge is 0.214 e. The molecule has 84 valence electrons. The van der Waals surface area contributed by atoms with E-state index >= 15 is 0 Å². The third-order valence-corrected chi connectivity index (χ3v) is 3.14. The Morgan fingerprint density at radius 2 is 2.00 bits per heavy atom. The monoisotopic (exact) mass is 244 g/mol. The van der Waals surface area contributed by atoms with Gasteiger partial charge in [-0.15, -0.1) is 0 Å². The summed E-state index contributed by atoms with van der Waals surface area (Å²) in [6, 6.07) is 9.79. The van der Waals surface area contributed by atoms with E-state index in [1.165, 1.54) is 17.7 Å². The Hall–Kier alpha value is -2.21. The molecule has 3 rings (SSSR count). The number of rotatable bonds is 2. The van der Waals surface area contributed by atoms with Crippen molar-refractivity contribution in [1.29, 1.82) is 0 Å². The van der Waals surface area contributed by atoms with Crippen molar-refractivity contribution in [1.82, 2.24) is 15.1 Å². The number of nitrogen functional groups attached to an aromatic ring is 1. The highest BCUT2D eigenvalue weighted by Gasteiger charge is 2.16. The Morgan fingerprint density at radius 3 is 2.71 bits per heavy atom. The number of benzene rings is 1. The van der Waals surface area contributed by atoms with Crippen molar-refractivity contribution in [3.8, 4) is 22.0 Å². The molecule has 0 atom stereocenters. The van der Waals surface area contributed by atoms with Gasteiger partial charge in [-0.25, -0.2) is 4.98 Å². The molecule has 0 amide bonds. The molecule has 17 heavy (non-hydrogen) atoms. The summed E-state index contributed by atoms with van der Waals surface area (Å²) in [5.74, 6) is 0.512. The second kappa shape index (κ2) is 3.99. The molecule has 0 unspecified atom stereocenters. The van der Waals surface area contributed by atoms with Crippen LogP contribution >= 0.6 is 11.3 Å². The maximum absolute atomic E-state index is 5.74. The number of hydrogen-bond donors (Lipinski definition) is 1. The third kappa shape index (κ3) is 1.78. The molecule has 0 aliphatic carbocycles. The summed E-state index contributed by atoms with van der Waals surface area (Å²) in [6.45, 7) is 0. The molecule has 3 aromatic rings. The first-order chi connectivity index (χ1) is 8.34. The molecule has 2 N–H and O–H groups in total. The van der Waals surface area contributed by atoms with Crippen LogP contribution in [0.5, 0.6) is 0 Å². The van der Waals surface area contributed by atoms with E-state index in [1.54, 1.807) is 0 Å². The van der Waals surface area contributed by atoms with Crippen LogP contribution in [0.3, 0.4) is 0 Å². The van der Waals surface area contributed by atoms with Gasteiger partial charge in [-0.2, -0.15) is 4.98 Å². The molecule has 6 heteroatoms. The van der Waals surface area contributed by atoms with E-state index in [9.17, 15) is 0 Å². The molecule has 0 radical (unpaired) electrons. The largest absolute Gasteiger partial charge is 0.375 e. The van der Waals surface area contributed by atoms with Crippen LogP contribution in [0.4, 0.5) is 5.13 Å². The maximum atomic E-state index is 5.74. The van der Waals surface area contributed by atoms with E-state index < -0.39 is 0 Å². The molecule has 0 fully saturated rings. The molecule has 2 heterocycles. The molecule has 0 bridgehead atoms. The minimum atomic E-state index is 0.489. The Balaban J connectivity index is 2.18. The maximum Gasteiger partial charge on any atom is 0.214 e. The molecular weight excluding hydrogens is 236 g/mol. The van der Waals surface area contributed by atoms with Gasteiger partial charge in [-0.1, -0.05) is 46.8 Å². The standard InChI is InChI=1S/C11H8N4OS/c12-11-14-8(7-4-2-1-3-5-7)9(17-11)10-13-6-16-15-10/h1-6H,(H2,12,14). The zero-order chi connectivity index (χ0) is 11.7. The van der Waals surface area contributed by atoms with E-state index in [2.05, 4.69) is 15.1 Å². The average molecular weight is 244 g/mol. The van der Waals surface area contributed by atoms with Gasteiger partial charge in [0.05, 0.1) is 5.69 Å². The van der Waals surface area contributed by atoms with E-state index in [4.69, 9.17) is 10.3 Å². The van der Waals surface area contributed by atoms with Crippen molar-refractivity contribution in [2.75, 3.05) is 5.73 Å². The minimum absolute atomic E-state index is 0.489. The lowest BCUT2D eigenvalue weighted by molar-refractivity contribution is 0.419. The summed E-state index contributed by atoms with van der Waals surface area (Å²) >= 11 is 1.35. The highest BCUT2D eigenvalue weighted by atomic mass is 32.1. The first-order valence-electron chi connectivity index (χ1n) is 4.93. The highest BCUT2D eigenvalue weighted by Crippen LogP contribution is 2.35. The quantitative estimate of drug-likeness (QED) is 0.749. The van der Waals surface area contributed by atoms with Crippen molar-refractivity contribution in [3.63, 3.8) is 0 Å². The molecule has 5 nitrogen and oxygen atoms in total. The fourth-order valence-corrected chi connectivity index (χ4v) is 2.34. The summed E-state index contributed by atoms with van der Waals surface area (Å²) < 4.78 is 4.75. The molecule has 1 aromatic carbocycles. The molecule has 0 aliphatic heterocycles. The molecular formula is C11H8N4OS. The summed E-state index contributed by atoms with van der Waals surface area (Å²) in [6.07, 6.45) is 1.29. The Bertz CT molecular complexity index is 618. The van der Waals surface area contributed by atoms with E-state index in [0.29, 0.717) is 11.0 Å². The van der Waals surface area contributed by atoms with E-state index in [1.807, 2.05) is 30.3 Å². The Labute approximate surface area is 101 Å². The van der Waals surface area contributed by atoms with Gasteiger partial charge in [0.2, 0.25) is 12.2 Å². The van der Waals surface area contributed by atoms with Crippen LogP contribution in [0.25, 0.3) is 22.0 Å². The normalized spacial score (nSPS) is 10.6. The van der Waals surface area contributed by atoms with Crippen LogP contribution in [0.15, 0.2) is 41.2 Å². The van der Waals surface area contributed by atoms with Crippen molar-refractivity contribution >= 4 is 16.5 Å². The zero-order valence-corrected chi connectivity index (χ0v) is 9.52. The lowest BCUT2D eigenvalue weighted by Gasteiger charge is -1.97. The SMILES string of the molecule is Nc1nc(-c2ccccc2)c(-c2ncon2)s1. The molecule has 2 aromatic heterocycles. The molecule has 0 aliphatic rings. The van der Waals surface area contributed by atoms with Crippen molar-refractivity contribution in [2.45, 2.75) is 0 Å². The lowest BCUT2D eigenvalue weighted by Crippen LogP contribution is -1.84. The van der Waals surface area contributed by atoms with Crippen LogP contribution in [-0.4, -0.2) is 15.1 Å². The first-order valence-corrected chi connectivity index (χ1v) is 5.75. The van der Waals surface area contributed by atoms with Crippen LogP contribution in [-0.2, 0) is 0 Å². The third-order valence-electron chi connectivity index (χ3n) is 2.26. The zero-order valence-electron chi connectivity index (χ0n) is 8.70. The molecule has 0 saturated carbocycles.